The van der Waals surface area contributed by atoms with Gasteiger partial charge in [0.2, 0.25) is 0 Å². The van der Waals surface area contributed by atoms with Crippen LogP contribution in [-0.2, 0) is 11.2 Å². The van der Waals surface area contributed by atoms with Crippen molar-refractivity contribution in [1.29, 1.82) is 0 Å². The Labute approximate surface area is 125 Å². The minimum absolute atomic E-state index is 0.173. The number of hydrogen-bond donors (Lipinski definition) is 0. The monoisotopic (exact) mass is 293 g/mol. The SMILES string of the molecule is CN(C)CCCc1cc([N+](=O)[O-])ccc1N1CCOCC1. The second-order valence-electron chi connectivity index (χ2n) is 5.58. The molecule has 1 aromatic carbocycles. The topological polar surface area (TPSA) is 58.8 Å². The zero-order valence-corrected chi connectivity index (χ0v) is 12.7. The maximum atomic E-state index is 11.0. The van der Waals surface area contributed by atoms with E-state index in [0.29, 0.717) is 13.2 Å². The molecular formula is C15H23N3O3. The molecule has 0 aliphatic carbocycles. The molecule has 6 nitrogen and oxygen atoms in total. The summed E-state index contributed by atoms with van der Waals surface area (Å²) in [5, 5.41) is 11.0. The molecule has 0 unspecified atom stereocenters. The van der Waals surface area contributed by atoms with E-state index in [0.717, 1.165) is 43.7 Å². The van der Waals surface area contributed by atoms with Gasteiger partial charge in [-0.15, -0.1) is 0 Å². The molecule has 0 N–H and O–H groups in total. The van der Waals surface area contributed by atoms with E-state index in [9.17, 15) is 10.1 Å². The first-order chi connectivity index (χ1) is 10.1. The third kappa shape index (κ3) is 4.41. The van der Waals surface area contributed by atoms with Gasteiger partial charge in [0.25, 0.3) is 5.69 Å². The van der Waals surface area contributed by atoms with Crippen LogP contribution in [0.2, 0.25) is 0 Å². The summed E-state index contributed by atoms with van der Waals surface area (Å²) in [4.78, 5) is 15.1. The largest absolute Gasteiger partial charge is 0.378 e. The number of hydrogen-bond acceptors (Lipinski definition) is 5. The maximum absolute atomic E-state index is 11.0. The Kier molecular flexibility index (Phi) is 5.52. The first-order valence-electron chi connectivity index (χ1n) is 7.32. The number of ether oxygens (including phenoxy) is 1. The fourth-order valence-corrected chi connectivity index (χ4v) is 2.58. The van der Waals surface area contributed by atoms with Crippen LogP contribution in [0, 0.1) is 10.1 Å². The van der Waals surface area contributed by atoms with E-state index in [1.165, 1.54) is 0 Å². The standard InChI is InChI=1S/C15H23N3O3/c1-16(2)7-3-4-13-12-14(18(19)20)5-6-15(13)17-8-10-21-11-9-17/h5-6,12H,3-4,7-11H2,1-2H3. The average molecular weight is 293 g/mol. The summed E-state index contributed by atoms with van der Waals surface area (Å²) < 4.78 is 5.38. The predicted molar refractivity (Wildman–Crippen MR) is 83.0 cm³/mol. The lowest BCUT2D eigenvalue weighted by molar-refractivity contribution is -0.384. The van der Waals surface area contributed by atoms with Crippen molar-refractivity contribution in [2.24, 2.45) is 0 Å². The molecule has 1 aliphatic heterocycles. The Morgan fingerprint density at radius 1 is 1.33 bits per heavy atom. The van der Waals surface area contributed by atoms with Gasteiger partial charge in [-0.1, -0.05) is 0 Å². The van der Waals surface area contributed by atoms with Crippen LogP contribution in [0.15, 0.2) is 18.2 Å². The summed E-state index contributed by atoms with van der Waals surface area (Å²) in [6, 6.07) is 5.20. The van der Waals surface area contributed by atoms with Crippen molar-refractivity contribution >= 4 is 11.4 Å². The van der Waals surface area contributed by atoms with Crippen molar-refractivity contribution in [3.8, 4) is 0 Å². The molecule has 0 radical (unpaired) electrons. The molecular weight excluding hydrogens is 270 g/mol. The number of anilines is 1. The number of aryl methyl sites for hydroxylation is 1. The second-order valence-corrected chi connectivity index (χ2v) is 5.58. The molecule has 1 saturated heterocycles. The number of rotatable bonds is 6. The van der Waals surface area contributed by atoms with Crippen LogP contribution >= 0.6 is 0 Å². The second kappa shape index (κ2) is 7.38. The summed E-state index contributed by atoms with van der Waals surface area (Å²) >= 11 is 0. The summed E-state index contributed by atoms with van der Waals surface area (Å²) in [6.07, 6.45) is 1.85. The number of non-ortho nitro benzene ring substituents is 1. The molecule has 21 heavy (non-hydrogen) atoms. The Morgan fingerprint density at radius 3 is 2.67 bits per heavy atom. The highest BCUT2D eigenvalue weighted by Gasteiger charge is 2.17. The highest BCUT2D eigenvalue weighted by molar-refractivity contribution is 5.58. The van der Waals surface area contributed by atoms with Crippen molar-refractivity contribution in [1.82, 2.24) is 4.90 Å². The minimum Gasteiger partial charge on any atom is -0.378 e. The van der Waals surface area contributed by atoms with Crippen LogP contribution in [0.1, 0.15) is 12.0 Å². The molecule has 0 bridgehead atoms. The Bertz CT molecular complexity index is 485. The van der Waals surface area contributed by atoms with Gasteiger partial charge in [-0.3, -0.25) is 10.1 Å². The van der Waals surface area contributed by atoms with E-state index in [1.807, 2.05) is 20.2 Å². The molecule has 1 fully saturated rings. The third-order valence-corrected chi connectivity index (χ3v) is 3.68. The van der Waals surface area contributed by atoms with Gasteiger partial charge in [0.05, 0.1) is 18.1 Å². The first kappa shape index (κ1) is 15.7. The van der Waals surface area contributed by atoms with Gasteiger partial charge < -0.3 is 14.5 Å². The van der Waals surface area contributed by atoms with Crippen molar-refractivity contribution in [2.75, 3.05) is 51.8 Å². The van der Waals surface area contributed by atoms with Gasteiger partial charge in [-0.05, 0) is 45.1 Å². The average Bonchev–Trinajstić information content (AvgIpc) is 2.47. The van der Waals surface area contributed by atoms with E-state index >= 15 is 0 Å². The molecule has 0 atom stereocenters. The van der Waals surface area contributed by atoms with Crippen LogP contribution < -0.4 is 4.90 Å². The quantitative estimate of drug-likeness (QED) is 0.592. The Morgan fingerprint density at radius 2 is 2.05 bits per heavy atom. The van der Waals surface area contributed by atoms with Gasteiger partial charge in [-0.2, -0.15) is 0 Å². The number of nitro groups is 1. The van der Waals surface area contributed by atoms with Crippen LogP contribution in [0.5, 0.6) is 0 Å². The van der Waals surface area contributed by atoms with Crippen molar-refractivity contribution in [2.45, 2.75) is 12.8 Å². The molecule has 1 heterocycles. The van der Waals surface area contributed by atoms with E-state index in [1.54, 1.807) is 12.1 Å². The molecule has 116 valence electrons. The summed E-state index contributed by atoms with van der Waals surface area (Å²) in [7, 11) is 4.08. The van der Waals surface area contributed by atoms with Gasteiger partial charge in [-0.25, -0.2) is 0 Å². The van der Waals surface area contributed by atoms with Crippen LogP contribution in [-0.4, -0.2) is 56.8 Å². The number of nitrogens with zero attached hydrogens (tertiary/aromatic N) is 3. The zero-order chi connectivity index (χ0) is 15.2. The van der Waals surface area contributed by atoms with Crippen LogP contribution in [0.25, 0.3) is 0 Å². The van der Waals surface area contributed by atoms with Crippen molar-refractivity contribution in [3.63, 3.8) is 0 Å². The van der Waals surface area contributed by atoms with E-state index in [4.69, 9.17) is 4.74 Å². The molecule has 1 aliphatic rings. The highest BCUT2D eigenvalue weighted by atomic mass is 16.6. The van der Waals surface area contributed by atoms with Crippen LogP contribution in [0.4, 0.5) is 11.4 Å². The maximum Gasteiger partial charge on any atom is 0.269 e. The summed E-state index contributed by atoms with van der Waals surface area (Å²) in [6.45, 7) is 4.10. The predicted octanol–water partition coefficient (Wildman–Crippen LogP) is 1.93. The third-order valence-electron chi connectivity index (χ3n) is 3.68. The molecule has 1 aromatic rings. The van der Waals surface area contributed by atoms with E-state index in [-0.39, 0.29) is 10.6 Å². The molecule has 0 spiro atoms. The molecule has 0 amide bonds. The summed E-state index contributed by atoms with van der Waals surface area (Å²) in [5.74, 6) is 0. The lowest BCUT2D eigenvalue weighted by Gasteiger charge is -2.30. The lowest BCUT2D eigenvalue weighted by atomic mass is 10.0. The highest BCUT2D eigenvalue weighted by Crippen LogP contribution is 2.27. The van der Waals surface area contributed by atoms with Crippen LogP contribution in [0.3, 0.4) is 0 Å². The Hall–Kier alpha value is -1.66. The van der Waals surface area contributed by atoms with E-state index in [2.05, 4.69) is 9.80 Å². The lowest BCUT2D eigenvalue weighted by Crippen LogP contribution is -2.36. The fourth-order valence-electron chi connectivity index (χ4n) is 2.58. The number of nitro benzene ring substituents is 1. The van der Waals surface area contributed by atoms with E-state index < -0.39 is 0 Å². The molecule has 6 heteroatoms. The van der Waals surface area contributed by atoms with Gasteiger partial charge in [0.15, 0.2) is 0 Å². The smallest absolute Gasteiger partial charge is 0.269 e. The molecule has 0 saturated carbocycles. The zero-order valence-electron chi connectivity index (χ0n) is 12.7. The van der Waals surface area contributed by atoms with Gasteiger partial charge >= 0.3 is 0 Å². The van der Waals surface area contributed by atoms with Crippen molar-refractivity contribution < 1.29 is 9.66 Å². The molecule has 2 rings (SSSR count). The Balaban J connectivity index is 2.18. The fraction of sp³-hybridized carbons (Fsp3) is 0.600. The normalized spacial score (nSPS) is 15.5. The van der Waals surface area contributed by atoms with Gasteiger partial charge in [0.1, 0.15) is 0 Å². The molecule has 0 aromatic heterocycles. The minimum atomic E-state index is -0.321. The number of morpholine rings is 1. The van der Waals surface area contributed by atoms with Gasteiger partial charge in [0, 0.05) is 30.9 Å². The summed E-state index contributed by atoms with van der Waals surface area (Å²) in [5.41, 5.74) is 2.35. The van der Waals surface area contributed by atoms with Crippen molar-refractivity contribution in [3.05, 3.63) is 33.9 Å². The first-order valence-corrected chi connectivity index (χ1v) is 7.32. The number of benzene rings is 1.